The molecule has 4 fully saturated rings. The van der Waals surface area contributed by atoms with Crippen LogP contribution in [0.25, 0.3) is 11.0 Å². The van der Waals surface area contributed by atoms with Gasteiger partial charge in [-0.3, -0.25) is 19.1 Å². The van der Waals surface area contributed by atoms with Gasteiger partial charge in [-0.05, 0) is 89.2 Å². The van der Waals surface area contributed by atoms with Crippen LogP contribution >= 0.6 is 0 Å². The monoisotopic (exact) mass is 762 g/mol. The average molecular weight is 763 g/mol. The van der Waals surface area contributed by atoms with Crippen molar-refractivity contribution in [1.82, 2.24) is 30.2 Å². The van der Waals surface area contributed by atoms with Gasteiger partial charge in [0.1, 0.15) is 35.5 Å². The Labute approximate surface area is 315 Å². The summed E-state index contributed by atoms with van der Waals surface area (Å²) in [5.74, 6) is -1.59. The van der Waals surface area contributed by atoms with Gasteiger partial charge in [0.15, 0.2) is 0 Å². The first kappa shape index (κ1) is 36.7. The number of fused-ring (bicyclic) bond motifs is 6. The van der Waals surface area contributed by atoms with Crippen LogP contribution in [0.4, 0.5) is 4.79 Å². The molecule has 0 radical (unpaired) electrons. The number of carbonyl (C=O) groups excluding carboxylic acids is 4. The molecule has 1 aromatic carbocycles. The Hall–Kier alpha value is -4.27. The van der Waals surface area contributed by atoms with Crippen molar-refractivity contribution in [3.63, 3.8) is 0 Å². The van der Waals surface area contributed by atoms with Crippen molar-refractivity contribution in [1.29, 1.82) is 0 Å². The minimum Gasteiger partial charge on any atom is -0.471 e. The van der Waals surface area contributed by atoms with Crippen LogP contribution in [-0.4, -0.2) is 88.2 Å². The molecule has 290 valence electrons. The van der Waals surface area contributed by atoms with E-state index in [9.17, 15) is 27.6 Å². The predicted molar refractivity (Wildman–Crippen MR) is 197 cm³/mol. The van der Waals surface area contributed by atoms with Crippen LogP contribution in [0.1, 0.15) is 103 Å². The van der Waals surface area contributed by atoms with Crippen molar-refractivity contribution in [3.05, 3.63) is 42.1 Å². The number of aromatic nitrogens is 2. The zero-order chi connectivity index (χ0) is 37.7. The summed E-state index contributed by atoms with van der Waals surface area (Å²) >= 11 is 0. The van der Waals surface area contributed by atoms with Gasteiger partial charge in [-0.1, -0.05) is 50.0 Å². The van der Waals surface area contributed by atoms with Crippen LogP contribution in [0.3, 0.4) is 0 Å². The molecule has 14 nitrogen and oxygen atoms in total. The summed E-state index contributed by atoms with van der Waals surface area (Å²) in [5.41, 5.74) is 0.632. The van der Waals surface area contributed by atoms with E-state index in [1.54, 1.807) is 6.92 Å². The highest BCUT2D eigenvalue weighted by atomic mass is 32.2. The summed E-state index contributed by atoms with van der Waals surface area (Å²) in [7, 11) is -3.97. The molecule has 1 aromatic heterocycles. The van der Waals surface area contributed by atoms with Crippen molar-refractivity contribution in [2.45, 2.75) is 138 Å². The third kappa shape index (κ3) is 7.52. The third-order valence-electron chi connectivity index (χ3n) is 12.3. The summed E-state index contributed by atoms with van der Waals surface area (Å²) in [6.45, 7) is 1.63. The third-order valence-corrected chi connectivity index (χ3v) is 14.4. The summed E-state index contributed by atoms with van der Waals surface area (Å²) in [6.07, 6.45) is 12.1. The van der Waals surface area contributed by atoms with Crippen LogP contribution in [0, 0.1) is 11.8 Å². The van der Waals surface area contributed by atoms with Crippen LogP contribution < -0.4 is 20.1 Å². The average Bonchev–Trinajstić information content (AvgIpc) is 4.10. The first-order valence-electron chi connectivity index (χ1n) is 19.7. The lowest BCUT2D eigenvalue weighted by atomic mass is 10.0. The maximum atomic E-state index is 14.6. The number of alkyl carbamates (subject to hydrolysis) is 1. The van der Waals surface area contributed by atoms with E-state index in [0.29, 0.717) is 55.6 Å². The fourth-order valence-corrected chi connectivity index (χ4v) is 9.55. The number of sulfonamides is 1. The van der Waals surface area contributed by atoms with Gasteiger partial charge in [-0.15, -0.1) is 0 Å². The standard InChI is InChI=1S/C39H50N6O8S/c1-38(18-19-38)54(50,51)44-36(48)39-22-25(39)13-7-3-2-4-8-17-30-35(47)45-23-26(21-31(45)33(46)43-39)52-34-29(40-27-14-10-11-15-28(27)41-34)16-9-5-6-12-24-20-32(24)53-37(49)42-30/h7,10-11,13-15,24-26,30-32H,2-6,8-9,12,16-23H2,1H3,(H,42,49)(H,43,46)(H,44,48)/b13-7-/t24-,25+,26-,30+,31+,32-,39+/m1/s1. The highest BCUT2D eigenvalue weighted by molar-refractivity contribution is 7.91. The second kappa shape index (κ2) is 14.4. The van der Waals surface area contributed by atoms with E-state index in [2.05, 4.69) is 15.4 Å². The number of hydrogen-bond donors (Lipinski definition) is 3. The number of rotatable bonds is 3. The van der Waals surface area contributed by atoms with Crippen molar-refractivity contribution in [3.8, 4) is 5.88 Å². The van der Waals surface area contributed by atoms with Crippen LogP contribution in [0.2, 0.25) is 0 Å². The first-order chi connectivity index (χ1) is 25.9. The van der Waals surface area contributed by atoms with Crippen LogP contribution in [-0.2, 0) is 35.6 Å². The normalized spacial score (nSPS) is 33.4. The second-order valence-electron chi connectivity index (χ2n) is 16.4. The van der Waals surface area contributed by atoms with Gasteiger partial charge in [0.25, 0.3) is 5.91 Å². The van der Waals surface area contributed by atoms with E-state index >= 15 is 0 Å². The van der Waals surface area contributed by atoms with Crippen molar-refractivity contribution >= 4 is 44.9 Å². The van der Waals surface area contributed by atoms with E-state index < -0.39 is 68.2 Å². The maximum Gasteiger partial charge on any atom is 0.408 e. The Morgan fingerprint density at radius 1 is 0.963 bits per heavy atom. The van der Waals surface area contributed by atoms with Crippen molar-refractivity contribution in [2.24, 2.45) is 11.8 Å². The summed E-state index contributed by atoms with van der Waals surface area (Å²) in [6, 6.07) is 5.54. The van der Waals surface area contributed by atoms with Crippen LogP contribution in [0.5, 0.6) is 5.88 Å². The first-order valence-corrected chi connectivity index (χ1v) is 21.2. The smallest absolute Gasteiger partial charge is 0.408 e. The Balaban J connectivity index is 1.12. The molecule has 6 aliphatic rings. The molecule has 8 rings (SSSR count). The molecule has 0 unspecified atom stereocenters. The molecule has 0 spiro atoms. The number of carbonyl (C=O) groups is 4. The molecule has 54 heavy (non-hydrogen) atoms. The summed E-state index contributed by atoms with van der Waals surface area (Å²) in [5, 5.41) is 5.75. The number of nitrogens with zero attached hydrogens (tertiary/aromatic N) is 3. The van der Waals surface area contributed by atoms with Crippen LogP contribution in [0.15, 0.2) is 36.4 Å². The zero-order valence-corrected chi connectivity index (χ0v) is 31.6. The number of hydrogen-bond acceptors (Lipinski definition) is 10. The highest BCUT2D eigenvalue weighted by Crippen LogP contribution is 2.47. The van der Waals surface area contributed by atoms with Crippen molar-refractivity contribution in [2.75, 3.05) is 6.54 Å². The number of para-hydroxylation sites is 2. The fourth-order valence-electron chi connectivity index (χ4n) is 8.24. The second-order valence-corrected chi connectivity index (χ2v) is 18.6. The summed E-state index contributed by atoms with van der Waals surface area (Å²) in [4.78, 5) is 67.3. The molecule has 15 heteroatoms. The highest BCUT2D eigenvalue weighted by Gasteiger charge is 2.63. The number of aryl methyl sites for hydroxylation is 1. The zero-order valence-electron chi connectivity index (χ0n) is 30.8. The lowest BCUT2D eigenvalue weighted by Gasteiger charge is -2.30. The molecular weight excluding hydrogens is 713 g/mol. The Morgan fingerprint density at radius 2 is 1.72 bits per heavy atom. The molecule has 3 N–H and O–H groups in total. The lowest BCUT2D eigenvalue weighted by Crippen LogP contribution is -2.58. The van der Waals surface area contributed by atoms with Gasteiger partial charge in [-0.25, -0.2) is 23.2 Å². The molecule has 3 bridgehead atoms. The van der Waals surface area contributed by atoms with Gasteiger partial charge in [0, 0.05) is 12.3 Å². The molecule has 4 amide bonds. The molecule has 1 saturated heterocycles. The number of nitrogens with one attached hydrogen (secondary N) is 3. The SMILES string of the molecule is CC1(S(=O)(=O)NC(=O)[C@]23C[C@@H]2/C=C\CCCCC[C@@H]2NC(=O)O[C@@H]4C[C@H]4CCCCCc4nc5ccccc5nc4O[C@@H]4C[C@@H](C(=O)N3)N(C4)C2=O)CC1. The van der Waals surface area contributed by atoms with Gasteiger partial charge >= 0.3 is 6.09 Å². The molecular formula is C39H50N6O8S. The number of allylic oxidation sites excluding steroid dienone is 1. The van der Waals surface area contributed by atoms with Crippen molar-refractivity contribution < 1.29 is 37.1 Å². The Morgan fingerprint density at radius 3 is 2.52 bits per heavy atom. The van der Waals surface area contributed by atoms with Gasteiger partial charge in [0.2, 0.25) is 27.7 Å². The molecule has 3 aliphatic carbocycles. The number of benzene rings is 1. The quantitative estimate of drug-likeness (QED) is 0.387. The van der Waals surface area contributed by atoms with E-state index in [4.69, 9.17) is 19.4 Å². The van der Waals surface area contributed by atoms with Gasteiger partial charge in [0.05, 0.1) is 22.3 Å². The largest absolute Gasteiger partial charge is 0.471 e. The van der Waals surface area contributed by atoms with E-state index in [0.717, 1.165) is 50.5 Å². The molecule has 7 atom stereocenters. The maximum absolute atomic E-state index is 14.6. The molecule has 3 aliphatic heterocycles. The summed E-state index contributed by atoms with van der Waals surface area (Å²) < 4.78 is 39.9. The predicted octanol–water partition coefficient (Wildman–Crippen LogP) is 3.97. The number of ether oxygens (including phenoxy) is 2. The minimum absolute atomic E-state index is 0.0258. The Kier molecular flexibility index (Phi) is 9.80. The minimum atomic E-state index is -3.97. The fraction of sp³-hybridized carbons (Fsp3) is 0.641. The van der Waals surface area contributed by atoms with E-state index in [1.807, 2.05) is 36.4 Å². The van der Waals surface area contributed by atoms with E-state index in [-0.39, 0.29) is 31.4 Å². The molecule has 3 saturated carbocycles. The van der Waals surface area contributed by atoms with E-state index in [1.165, 1.54) is 4.90 Å². The number of amides is 4. The Bertz CT molecular complexity index is 1970. The van der Waals surface area contributed by atoms with Gasteiger partial charge in [-0.2, -0.15) is 0 Å². The molecule has 4 heterocycles. The van der Waals surface area contributed by atoms with Gasteiger partial charge < -0.3 is 25.0 Å². The topological polar surface area (TPSA) is 186 Å². The lowest BCUT2D eigenvalue weighted by molar-refractivity contribution is -0.141. The molecule has 2 aromatic rings.